The largest absolute Gasteiger partial charge is 0.311 e. The van der Waals surface area contributed by atoms with Gasteiger partial charge in [0.25, 0.3) is 0 Å². The maximum atomic E-state index is 4.26. The zero-order valence-electron chi connectivity index (χ0n) is 12.9. The lowest BCUT2D eigenvalue weighted by atomic mass is 9.98. The summed E-state index contributed by atoms with van der Waals surface area (Å²) in [7, 11) is 1.94. The van der Waals surface area contributed by atoms with Crippen molar-refractivity contribution in [2.75, 3.05) is 13.1 Å². The minimum absolute atomic E-state index is 0.627. The van der Waals surface area contributed by atoms with Crippen molar-refractivity contribution in [3.05, 3.63) is 11.9 Å². The van der Waals surface area contributed by atoms with E-state index in [0.717, 1.165) is 37.2 Å². The third-order valence-corrected chi connectivity index (χ3v) is 4.48. The number of aromatic nitrogens is 3. The summed E-state index contributed by atoms with van der Waals surface area (Å²) in [5.41, 5.74) is 1.10. The summed E-state index contributed by atoms with van der Waals surface area (Å²) in [4.78, 5) is 2.64. The molecule has 5 heteroatoms. The molecule has 2 unspecified atom stereocenters. The molecule has 0 aromatic carbocycles. The van der Waals surface area contributed by atoms with Gasteiger partial charge in [0, 0.05) is 45.0 Å². The molecule has 2 fully saturated rings. The monoisotopic (exact) mass is 277 g/mol. The van der Waals surface area contributed by atoms with Crippen LogP contribution in [-0.4, -0.2) is 45.1 Å². The van der Waals surface area contributed by atoms with Crippen molar-refractivity contribution >= 4 is 0 Å². The van der Waals surface area contributed by atoms with E-state index in [-0.39, 0.29) is 0 Å². The Morgan fingerprint density at radius 3 is 2.80 bits per heavy atom. The van der Waals surface area contributed by atoms with Gasteiger partial charge in [-0.25, -0.2) is 0 Å². The number of aryl methyl sites for hydroxylation is 1. The van der Waals surface area contributed by atoms with Gasteiger partial charge in [-0.3, -0.25) is 9.58 Å². The first-order valence-corrected chi connectivity index (χ1v) is 7.94. The molecule has 1 saturated carbocycles. The van der Waals surface area contributed by atoms with Crippen LogP contribution in [0.25, 0.3) is 0 Å². The Kier molecular flexibility index (Phi) is 4.08. The van der Waals surface area contributed by atoms with Crippen LogP contribution in [0.4, 0.5) is 0 Å². The molecule has 112 valence electrons. The van der Waals surface area contributed by atoms with Crippen LogP contribution in [0.5, 0.6) is 0 Å². The first-order valence-electron chi connectivity index (χ1n) is 7.94. The average Bonchev–Trinajstić information content (AvgIpc) is 3.13. The maximum Gasteiger partial charge on any atom is 0.0967 e. The smallest absolute Gasteiger partial charge is 0.0967 e. The standard InChI is InChI=1S/C15H27N5/c1-11(2)6-13-9-20(10-14-8-19(3)18-17-14)15(7-16-13)12-4-5-12/h8,11-13,15-16H,4-7,9-10H2,1-3H3. The van der Waals surface area contributed by atoms with Crippen molar-refractivity contribution < 1.29 is 0 Å². The zero-order valence-corrected chi connectivity index (χ0v) is 12.9. The summed E-state index contributed by atoms with van der Waals surface area (Å²) in [6, 6.07) is 1.32. The summed E-state index contributed by atoms with van der Waals surface area (Å²) >= 11 is 0. The van der Waals surface area contributed by atoms with E-state index in [2.05, 4.69) is 34.4 Å². The van der Waals surface area contributed by atoms with E-state index in [4.69, 9.17) is 0 Å². The predicted octanol–water partition coefficient (Wildman–Crippen LogP) is 1.41. The predicted molar refractivity (Wildman–Crippen MR) is 79.2 cm³/mol. The highest BCUT2D eigenvalue weighted by Gasteiger charge is 2.38. The number of hydrogen-bond acceptors (Lipinski definition) is 4. The Balaban J connectivity index is 1.65. The number of piperazine rings is 1. The van der Waals surface area contributed by atoms with Gasteiger partial charge in [0.05, 0.1) is 5.69 Å². The van der Waals surface area contributed by atoms with Crippen molar-refractivity contribution in [1.29, 1.82) is 0 Å². The summed E-state index contributed by atoms with van der Waals surface area (Å²) < 4.78 is 1.80. The molecular formula is C15H27N5. The Bertz CT molecular complexity index is 437. The van der Waals surface area contributed by atoms with E-state index in [1.807, 2.05) is 13.2 Å². The third kappa shape index (κ3) is 3.38. The number of nitrogens with one attached hydrogen (secondary N) is 1. The van der Waals surface area contributed by atoms with Gasteiger partial charge in [0.15, 0.2) is 0 Å². The van der Waals surface area contributed by atoms with E-state index in [1.54, 1.807) is 4.68 Å². The molecule has 3 rings (SSSR count). The lowest BCUT2D eigenvalue weighted by molar-refractivity contribution is 0.0988. The molecule has 1 N–H and O–H groups in total. The summed E-state index contributed by atoms with van der Waals surface area (Å²) in [5.74, 6) is 1.66. The van der Waals surface area contributed by atoms with Gasteiger partial charge >= 0.3 is 0 Å². The first kappa shape index (κ1) is 14.0. The van der Waals surface area contributed by atoms with Gasteiger partial charge in [-0.1, -0.05) is 19.1 Å². The number of hydrogen-bond donors (Lipinski definition) is 1. The molecule has 1 aliphatic carbocycles. The van der Waals surface area contributed by atoms with Crippen LogP contribution in [0.3, 0.4) is 0 Å². The summed E-state index contributed by atoms with van der Waals surface area (Å²) in [6.45, 7) is 7.85. The molecule has 1 aromatic heterocycles. The second-order valence-electron chi connectivity index (χ2n) is 6.95. The van der Waals surface area contributed by atoms with E-state index < -0.39 is 0 Å². The van der Waals surface area contributed by atoms with E-state index in [0.29, 0.717) is 12.1 Å². The molecule has 0 spiro atoms. The molecule has 20 heavy (non-hydrogen) atoms. The first-order chi connectivity index (χ1) is 9.61. The topological polar surface area (TPSA) is 46.0 Å². The van der Waals surface area contributed by atoms with Crippen molar-refractivity contribution in [2.45, 2.75) is 51.7 Å². The molecular weight excluding hydrogens is 250 g/mol. The average molecular weight is 277 g/mol. The fourth-order valence-corrected chi connectivity index (χ4v) is 3.43. The van der Waals surface area contributed by atoms with Crippen LogP contribution >= 0.6 is 0 Å². The van der Waals surface area contributed by atoms with Crippen LogP contribution in [0, 0.1) is 11.8 Å². The van der Waals surface area contributed by atoms with Gasteiger partial charge in [0.2, 0.25) is 0 Å². The van der Waals surface area contributed by atoms with Crippen LogP contribution < -0.4 is 5.32 Å². The quantitative estimate of drug-likeness (QED) is 0.884. The van der Waals surface area contributed by atoms with Gasteiger partial charge in [-0.05, 0) is 31.1 Å². The van der Waals surface area contributed by atoms with Gasteiger partial charge in [-0.15, -0.1) is 5.10 Å². The minimum Gasteiger partial charge on any atom is -0.311 e. The second kappa shape index (κ2) is 5.82. The highest BCUT2D eigenvalue weighted by atomic mass is 15.4. The van der Waals surface area contributed by atoms with Gasteiger partial charge in [0.1, 0.15) is 0 Å². The molecule has 0 radical (unpaired) electrons. The molecule has 5 nitrogen and oxygen atoms in total. The lowest BCUT2D eigenvalue weighted by Gasteiger charge is -2.41. The summed E-state index contributed by atoms with van der Waals surface area (Å²) in [6.07, 6.45) is 6.11. The van der Waals surface area contributed by atoms with E-state index in [1.165, 1.54) is 19.3 Å². The summed E-state index contributed by atoms with van der Waals surface area (Å²) in [5, 5.41) is 12.1. The number of nitrogens with zero attached hydrogens (tertiary/aromatic N) is 4. The van der Waals surface area contributed by atoms with Gasteiger partial charge < -0.3 is 5.32 Å². The fraction of sp³-hybridized carbons (Fsp3) is 0.867. The maximum absolute atomic E-state index is 4.26. The minimum atomic E-state index is 0.627. The lowest BCUT2D eigenvalue weighted by Crippen LogP contribution is -2.57. The number of rotatable bonds is 5. The molecule has 2 atom stereocenters. The Labute approximate surface area is 121 Å². The van der Waals surface area contributed by atoms with Crippen LogP contribution in [0.1, 0.15) is 38.8 Å². The second-order valence-corrected chi connectivity index (χ2v) is 6.95. The fourth-order valence-electron chi connectivity index (χ4n) is 3.43. The van der Waals surface area contributed by atoms with Crippen molar-refractivity contribution in [1.82, 2.24) is 25.2 Å². The highest BCUT2D eigenvalue weighted by molar-refractivity contribution is 4.99. The molecule has 0 amide bonds. The van der Waals surface area contributed by atoms with E-state index in [9.17, 15) is 0 Å². The van der Waals surface area contributed by atoms with Gasteiger partial charge in [-0.2, -0.15) is 0 Å². The normalized spacial score (nSPS) is 28.2. The molecule has 0 bridgehead atoms. The van der Waals surface area contributed by atoms with E-state index >= 15 is 0 Å². The van der Waals surface area contributed by atoms with Crippen LogP contribution in [-0.2, 0) is 13.6 Å². The highest BCUT2D eigenvalue weighted by Crippen LogP contribution is 2.37. The van der Waals surface area contributed by atoms with Crippen molar-refractivity contribution in [2.24, 2.45) is 18.9 Å². The molecule has 1 saturated heterocycles. The van der Waals surface area contributed by atoms with Crippen LogP contribution in [0.15, 0.2) is 6.20 Å². The Morgan fingerprint density at radius 2 is 2.20 bits per heavy atom. The molecule has 2 heterocycles. The van der Waals surface area contributed by atoms with Crippen molar-refractivity contribution in [3.8, 4) is 0 Å². The van der Waals surface area contributed by atoms with Crippen LogP contribution in [0.2, 0.25) is 0 Å². The Morgan fingerprint density at radius 1 is 1.40 bits per heavy atom. The van der Waals surface area contributed by atoms with Crippen molar-refractivity contribution in [3.63, 3.8) is 0 Å². The zero-order chi connectivity index (χ0) is 14.1. The molecule has 2 aliphatic rings. The Hall–Kier alpha value is -0.940. The SMILES string of the molecule is CC(C)CC1CN(Cc2cn(C)nn2)C(C2CC2)CN1. The molecule has 1 aliphatic heterocycles. The molecule has 1 aromatic rings. The third-order valence-electron chi connectivity index (χ3n) is 4.48.